The number of phenolic OH excluding ortho intramolecular Hbond substituents is 1. The molecule has 158 valence electrons. The van der Waals surface area contributed by atoms with E-state index < -0.39 is 11.8 Å². The molecule has 0 aliphatic carbocycles. The molecule has 0 unspecified atom stereocenters. The van der Waals surface area contributed by atoms with Crippen molar-refractivity contribution >= 4 is 17.8 Å². The predicted molar refractivity (Wildman–Crippen MR) is 115 cm³/mol. The molecule has 0 heterocycles. The molecule has 2 rings (SSSR count). The van der Waals surface area contributed by atoms with Gasteiger partial charge >= 0.3 is 5.97 Å². The van der Waals surface area contributed by atoms with E-state index in [0.717, 1.165) is 11.1 Å². The molecular formula is C24H26O6. The molecule has 0 aliphatic rings. The van der Waals surface area contributed by atoms with Crippen LogP contribution >= 0.6 is 0 Å². The number of benzene rings is 2. The van der Waals surface area contributed by atoms with Gasteiger partial charge in [-0.05, 0) is 67.3 Å². The summed E-state index contributed by atoms with van der Waals surface area (Å²) in [6.07, 6.45) is 5.54. The van der Waals surface area contributed by atoms with Gasteiger partial charge in [0, 0.05) is 7.11 Å². The summed E-state index contributed by atoms with van der Waals surface area (Å²) in [4.78, 5) is 23.4. The molecule has 0 fully saturated rings. The topological polar surface area (TPSA) is 93.1 Å². The van der Waals surface area contributed by atoms with Gasteiger partial charge in [0.25, 0.3) is 0 Å². The summed E-state index contributed by atoms with van der Waals surface area (Å²) in [6, 6.07) is 9.79. The Hall–Kier alpha value is -3.38. The first-order valence-corrected chi connectivity index (χ1v) is 9.44. The van der Waals surface area contributed by atoms with E-state index in [1.54, 1.807) is 13.2 Å². The van der Waals surface area contributed by atoms with Crippen molar-refractivity contribution < 1.29 is 29.3 Å². The number of ketones is 1. The number of aromatic hydroxyl groups is 1. The second-order valence-electron chi connectivity index (χ2n) is 7.02. The Labute approximate surface area is 176 Å². The average Bonchev–Trinajstić information content (AvgIpc) is 2.70. The van der Waals surface area contributed by atoms with Crippen LogP contribution < -0.4 is 4.74 Å². The third kappa shape index (κ3) is 6.90. The van der Waals surface area contributed by atoms with Crippen molar-refractivity contribution in [2.24, 2.45) is 0 Å². The number of allylic oxidation sites excluding steroid dienone is 3. The molecular weight excluding hydrogens is 384 g/mol. The molecule has 0 spiro atoms. The Morgan fingerprint density at radius 3 is 2.53 bits per heavy atom. The van der Waals surface area contributed by atoms with Crippen LogP contribution in [0.4, 0.5) is 0 Å². The maximum Gasteiger partial charge on any atom is 0.307 e. The van der Waals surface area contributed by atoms with E-state index in [1.165, 1.54) is 29.8 Å². The smallest absolute Gasteiger partial charge is 0.307 e. The third-order valence-corrected chi connectivity index (χ3v) is 4.26. The normalized spacial score (nSPS) is 10.8. The zero-order valence-corrected chi connectivity index (χ0v) is 17.3. The molecule has 0 amide bonds. The molecule has 0 bridgehead atoms. The van der Waals surface area contributed by atoms with E-state index in [-0.39, 0.29) is 24.5 Å². The standard InChI is InChI=1S/C24H26O6/c1-16(2)4-8-19-12-17(7-11-23(19)30-15-29-3)5-9-21(25)20-13-18(14-24(27)28)6-10-22(20)26/h4-7,9-13,26H,8,14-15H2,1-3H3,(H,27,28). The highest BCUT2D eigenvalue weighted by atomic mass is 16.7. The SMILES string of the molecule is COCOc1ccc(C=CC(=O)c2cc(CC(=O)O)ccc2O)cc1CC=C(C)C. The molecule has 0 aliphatic heterocycles. The third-order valence-electron chi connectivity index (χ3n) is 4.26. The Bertz CT molecular complexity index is 968. The second-order valence-corrected chi connectivity index (χ2v) is 7.02. The van der Waals surface area contributed by atoms with Gasteiger partial charge in [-0.25, -0.2) is 0 Å². The lowest BCUT2D eigenvalue weighted by Crippen LogP contribution is -2.03. The molecule has 6 nitrogen and oxygen atoms in total. The van der Waals surface area contributed by atoms with Crippen LogP contribution in [0.2, 0.25) is 0 Å². The quantitative estimate of drug-likeness (QED) is 0.261. The minimum Gasteiger partial charge on any atom is -0.507 e. The fourth-order valence-electron chi connectivity index (χ4n) is 2.77. The highest BCUT2D eigenvalue weighted by Gasteiger charge is 2.11. The Morgan fingerprint density at radius 1 is 1.10 bits per heavy atom. The van der Waals surface area contributed by atoms with Crippen molar-refractivity contribution in [3.05, 3.63) is 76.4 Å². The number of carbonyl (C=O) groups is 2. The molecule has 2 aromatic carbocycles. The molecule has 0 saturated heterocycles. The second kappa shape index (κ2) is 11.0. The number of carboxylic acids is 1. The Morgan fingerprint density at radius 2 is 1.87 bits per heavy atom. The zero-order chi connectivity index (χ0) is 22.1. The number of phenols is 1. The first kappa shape index (κ1) is 22.9. The van der Waals surface area contributed by atoms with Crippen LogP contribution in [0, 0.1) is 0 Å². The number of hydrogen-bond acceptors (Lipinski definition) is 5. The van der Waals surface area contributed by atoms with E-state index >= 15 is 0 Å². The maximum atomic E-state index is 12.5. The fraction of sp³-hybridized carbons (Fsp3) is 0.250. The molecule has 2 N–H and O–H groups in total. The van der Waals surface area contributed by atoms with E-state index in [0.29, 0.717) is 17.7 Å². The lowest BCUT2D eigenvalue weighted by Gasteiger charge is -2.11. The first-order chi connectivity index (χ1) is 14.3. The maximum absolute atomic E-state index is 12.5. The van der Waals surface area contributed by atoms with Crippen molar-refractivity contribution in [2.75, 3.05) is 13.9 Å². The zero-order valence-electron chi connectivity index (χ0n) is 17.3. The van der Waals surface area contributed by atoms with Crippen LogP contribution in [0.1, 0.15) is 40.9 Å². The Balaban J connectivity index is 2.26. The van der Waals surface area contributed by atoms with E-state index in [9.17, 15) is 14.7 Å². The molecule has 0 atom stereocenters. The van der Waals surface area contributed by atoms with E-state index in [1.807, 2.05) is 32.0 Å². The van der Waals surface area contributed by atoms with Crippen molar-refractivity contribution in [3.8, 4) is 11.5 Å². The van der Waals surface area contributed by atoms with Gasteiger partial charge in [0.15, 0.2) is 12.6 Å². The highest BCUT2D eigenvalue weighted by molar-refractivity contribution is 6.08. The summed E-state index contributed by atoms with van der Waals surface area (Å²) >= 11 is 0. The van der Waals surface area contributed by atoms with Gasteiger partial charge in [-0.3, -0.25) is 9.59 Å². The molecule has 0 saturated carbocycles. The van der Waals surface area contributed by atoms with Crippen LogP contribution in [0.3, 0.4) is 0 Å². The van der Waals surface area contributed by atoms with Crippen LogP contribution in [-0.2, 0) is 22.4 Å². The van der Waals surface area contributed by atoms with E-state index in [4.69, 9.17) is 14.6 Å². The van der Waals surface area contributed by atoms with Gasteiger partial charge in [-0.15, -0.1) is 0 Å². The van der Waals surface area contributed by atoms with Gasteiger partial charge < -0.3 is 19.7 Å². The summed E-state index contributed by atoms with van der Waals surface area (Å²) in [5.41, 5.74) is 3.44. The number of methoxy groups -OCH3 is 1. The number of aliphatic carboxylic acids is 1. The number of rotatable bonds is 10. The van der Waals surface area contributed by atoms with Crippen molar-refractivity contribution in [3.63, 3.8) is 0 Å². The minimum atomic E-state index is -1.01. The average molecular weight is 410 g/mol. The summed E-state index contributed by atoms with van der Waals surface area (Å²) in [7, 11) is 1.55. The molecule has 2 aromatic rings. The summed E-state index contributed by atoms with van der Waals surface area (Å²) in [6.45, 7) is 4.17. The monoisotopic (exact) mass is 410 g/mol. The Kier molecular flexibility index (Phi) is 8.38. The summed E-state index contributed by atoms with van der Waals surface area (Å²) < 4.78 is 10.6. The number of carbonyl (C=O) groups excluding carboxylic acids is 1. The first-order valence-electron chi connectivity index (χ1n) is 9.44. The largest absolute Gasteiger partial charge is 0.507 e. The van der Waals surface area contributed by atoms with Gasteiger partial charge in [-0.1, -0.05) is 29.9 Å². The molecule has 6 heteroatoms. The molecule has 30 heavy (non-hydrogen) atoms. The van der Waals surface area contributed by atoms with Gasteiger partial charge in [0.05, 0.1) is 12.0 Å². The van der Waals surface area contributed by atoms with Crippen LogP contribution in [-0.4, -0.2) is 35.9 Å². The number of hydrogen-bond donors (Lipinski definition) is 2. The number of ether oxygens (including phenoxy) is 2. The van der Waals surface area contributed by atoms with Crippen molar-refractivity contribution in [1.29, 1.82) is 0 Å². The van der Waals surface area contributed by atoms with Crippen LogP contribution in [0.5, 0.6) is 11.5 Å². The minimum absolute atomic E-state index is 0.0646. The van der Waals surface area contributed by atoms with Crippen LogP contribution in [0.15, 0.2) is 54.1 Å². The van der Waals surface area contributed by atoms with Gasteiger partial charge in [0.1, 0.15) is 11.5 Å². The van der Waals surface area contributed by atoms with E-state index in [2.05, 4.69) is 6.08 Å². The van der Waals surface area contributed by atoms with Crippen LogP contribution in [0.25, 0.3) is 6.08 Å². The van der Waals surface area contributed by atoms with Crippen molar-refractivity contribution in [1.82, 2.24) is 0 Å². The summed E-state index contributed by atoms with van der Waals surface area (Å²) in [5.74, 6) is -0.900. The van der Waals surface area contributed by atoms with Gasteiger partial charge in [-0.2, -0.15) is 0 Å². The van der Waals surface area contributed by atoms with Gasteiger partial charge in [0.2, 0.25) is 0 Å². The summed E-state index contributed by atoms with van der Waals surface area (Å²) in [5, 5.41) is 18.9. The fourth-order valence-corrected chi connectivity index (χ4v) is 2.77. The predicted octanol–water partition coefficient (Wildman–Crippen LogP) is 4.41. The molecule has 0 aromatic heterocycles. The molecule has 0 radical (unpaired) electrons. The highest BCUT2D eigenvalue weighted by Crippen LogP contribution is 2.24. The van der Waals surface area contributed by atoms with Crippen molar-refractivity contribution in [2.45, 2.75) is 26.7 Å². The lowest BCUT2D eigenvalue weighted by molar-refractivity contribution is -0.136. The number of carboxylic acid groups (broad SMARTS) is 1. The lowest BCUT2D eigenvalue weighted by atomic mass is 10.0.